The van der Waals surface area contributed by atoms with Crippen LogP contribution in [-0.4, -0.2) is 23.3 Å². The highest BCUT2D eigenvalue weighted by Gasteiger charge is 2.33. The predicted molar refractivity (Wildman–Crippen MR) is 116 cm³/mol. The van der Waals surface area contributed by atoms with Crippen molar-refractivity contribution in [3.05, 3.63) is 46.5 Å². The molecular weight excluding hydrogens is 386 g/mol. The van der Waals surface area contributed by atoms with E-state index in [1.54, 1.807) is 30.3 Å². The number of aromatic nitrogens is 1. The second-order valence-electron chi connectivity index (χ2n) is 8.03. The molecule has 1 aliphatic carbocycles. The summed E-state index contributed by atoms with van der Waals surface area (Å²) >= 11 is 1.25. The van der Waals surface area contributed by atoms with Gasteiger partial charge in [0.05, 0.1) is 18.0 Å². The molecule has 0 atom stereocenters. The number of ether oxygens (including phenoxy) is 1. The SMILES string of the molecule is CCOc1ccc(NC(=O)c2sc3nc4c(cc3c2N)C(=O)CC(C)(C)C4)cc1. The zero-order valence-electron chi connectivity index (χ0n) is 16.7. The molecule has 7 heteroatoms. The molecule has 1 aliphatic rings. The van der Waals surface area contributed by atoms with Gasteiger partial charge in [-0.25, -0.2) is 4.98 Å². The van der Waals surface area contributed by atoms with E-state index in [-0.39, 0.29) is 17.1 Å². The fraction of sp³-hybridized carbons (Fsp3) is 0.318. The normalized spacial score (nSPS) is 15.2. The van der Waals surface area contributed by atoms with E-state index in [9.17, 15) is 9.59 Å². The van der Waals surface area contributed by atoms with E-state index in [1.165, 1.54) is 11.3 Å². The van der Waals surface area contributed by atoms with E-state index >= 15 is 0 Å². The number of thiophene rings is 1. The summed E-state index contributed by atoms with van der Waals surface area (Å²) in [5.41, 5.74) is 8.59. The highest BCUT2D eigenvalue weighted by molar-refractivity contribution is 7.21. The second-order valence-corrected chi connectivity index (χ2v) is 9.03. The Balaban J connectivity index is 1.65. The molecule has 0 saturated heterocycles. The summed E-state index contributed by atoms with van der Waals surface area (Å²) in [6, 6.07) is 8.97. The van der Waals surface area contributed by atoms with Crippen LogP contribution in [0.3, 0.4) is 0 Å². The van der Waals surface area contributed by atoms with Crippen LogP contribution in [0, 0.1) is 5.41 Å². The van der Waals surface area contributed by atoms with E-state index in [1.807, 2.05) is 6.92 Å². The number of rotatable bonds is 4. The van der Waals surface area contributed by atoms with Crippen LogP contribution in [0.4, 0.5) is 11.4 Å². The summed E-state index contributed by atoms with van der Waals surface area (Å²) in [4.78, 5) is 31.1. The molecule has 0 fully saturated rings. The number of nitrogen functional groups attached to an aromatic ring is 1. The predicted octanol–water partition coefficient (Wildman–Crippen LogP) is 4.68. The summed E-state index contributed by atoms with van der Waals surface area (Å²) in [5, 5.41) is 3.53. The third-order valence-electron chi connectivity index (χ3n) is 5.01. The van der Waals surface area contributed by atoms with Crippen molar-refractivity contribution in [1.82, 2.24) is 4.98 Å². The smallest absolute Gasteiger partial charge is 0.267 e. The molecule has 150 valence electrons. The number of Topliss-reactive ketones (excluding diaryl/α,β-unsaturated/α-hetero) is 1. The molecule has 1 aromatic carbocycles. The van der Waals surface area contributed by atoms with Crippen LogP contribution in [-0.2, 0) is 6.42 Å². The average molecular weight is 410 g/mol. The van der Waals surface area contributed by atoms with Crippen LogP contribution in [0.1, 0.15) is 52.9 Å². The Hall–Kier alpha value is -2.93. The van der Waals surface area contributed by atoms with Gasteiger partial charge in [0.1, 0.15) is 15.5 Å². The number of hydrogen-bond donors (Lipinski definition) is 2. The first-order valence-corrected chi connectivity index (χ1v) is 10.4. The number of fused-ring (bicyclic) bond motifs is 2. The molecule has 3 N–H and O–H groups in total. The number of pyridine rings is 1. The quantitative estimate of drug-likeness (QED) is 0.652. The first-order chi connectivity index (χ1) is 13.8. The Labute approximate surface area is 173 Å². The minimum atomic E-state index is -0.292. The summed E-state index contributed by atoms with van der Waals surface area (Å²) in [5.74, 6) is 0.533. The molecule has 2 aromatic heterocycles. The number of nitrogens with two attached hydrogens (primary N) is 1. The third kappa shape index (κ3) is 3.70. The van der Waals surface area contributed by atoms with Gasteiger partial charge in [-0.2, -0.15) is 0 Å². The number of nitrogens with one attached hydrogen (secondary N) is 1. The number of nitrogens with zero attached hydrogens (tertiary/aromatic N) is 1. The molecule has 4 rings (SSSR count). The van der Waals surface area contributed by atoms with E-state index < -0.39 is 0 Å². The van der Waals surface area contributed by atoms with Gasteiger partial charge in [0.2, 0.25) is 0 Å². The molecule has 0 aliphatic heterocycles. The lowest BCUT2D eigenvalue weighted by atomic mass is 9.75. The van der Waals surface area contributed by atoms with Crippen molar-refractivity contribution in [2.45, 2.75) is 33.6 Å². The van der Waals surface area contributed by atoms with Crippen molar-refractivity contribution in [2.75, 3.05) is 17.7 Å². The van der Waals surface area contributed by atoms with Crippen molar-refractivity contribution >= 4 is 44.6 Å². The van der Waals surface area contributed by atoms with E-state index in [0.717, 1.165) is 17.9 Å². The molecular formula is C22H23N3O3S. The van der Waals surface area contributed by atoms with Gasteiger partial charge in [-0.15, -0.1) is 11.3 Å². The number of anilines is 2. The molecule has 0 saturated carbocycles. The molecule has 29 heavy (non-hydrogen) atoms. The van der Waals surface area contributed by atoms with Crippen LogP contribution < -0.4 is 15.8 Å². The molecule has 0 spiro atoms. The highest BCUT2D eigenvalue weighted by atomic mass is 32.1. The fourth-order valence-electron chi connectivity index (χ4n) is 3.66. The Morgan fingerprint density at radius 1 is 1.28 bits per heavy atom. The van der Waals surface area contributed by atoms with Gasteiger partial charge in [-0.1, -0.05) is 13.8 Å². The minimum Gasteiger partial charge on any atom is -0.494 e. The van der Waals surface area contributed by atoms with Gasteiger partial charge in [0, 0.05) is 23.1 Å². The Morgan fingerprint density at radius 3 is 2.69 bits per heavy atom. The third-order valence-corrected chi connectivity index (χ3v) is 6.13. The zero-order chi connectivity index (χ0) is 20.8. The van der Waals surface area contributed by atoms with Gasteiger partial charge in [-0.05, 0) is 49.1 Å². The molecule has 2 heterocycles. The molecule has 0 radical (unpaired) electrons. The molecule has 1 amide bonds. The Morgan fingerprint density at radius 2 is 2.00 bits per heavy atom. The summed E-state index contributed by atoms with van der Waals surface area (Å²) in [6.07, 6.45) is 1.22. The summed E-state index contributed by atoms with van der Waals surface area (Å²) in [7, 11) is 0. The van der Waals surface area contributed by atoms with Crippen LogP contribution in [0.25, 0.3) is 10.2 Å². The number of ketones is 1. The Bertz CT molecular complexity index is 1120. The topological polar surface area (TPSA) is 94.3 Å². The number of amides is 1. The lowest BCUT2D eigenvalue weighted by Gasteiger charge is -2.29. The molecule has 0 unspecified atom stereocenters. The van der Waals surface area contributed by atoms with Crippen molar-refractivity contribution < 1.29 is 14.3 Å². The van der Waals surface area contributed by atoms with Gasteiger partial charge >= 0.3 is 0 Å². The van der Waals surface area contributed by atoms with Crippen molar-refractivity contribution in [2.24, 2.45) is 5.41 Å². The van der Waals surface area contributed by atoms with Gasteiger partial charge in [0.15, 0.2) is 5.78 Å². The van der Waals surface area contributed by atoms with Crippen LogP contribution >= 0.6 is 11.3 Å². The number of benzene rings is 1. The minimum absolute atomic E-state index is 0.0802. The zero-order valence-corrected chi connectivity index (χ0v) is 17.5. The Kier molecular flexibility index (Phi) is 4.78. The first-order valence-electron chi connectivity index (χ1n) is 9.57. The summed E-state index contributed by atoms with van der Waals surface area (Å²) < 4.78 is 5.42. The largest absolute Gasteiger partial charge is 0.494 e. The van der Waals surface area contributed by atoms with E-state index in [0.29, 0.717) is 45.1 Å². The van der Waals surface area contributed by atoms with Crippen LogP contribution in [0.2, 0.25) is 0 Å². The van der Waals surface area contributed by atoms with Crippen molar-refractivity contribution in [3.63, 3.8) is 0 Å². The lowest BCUT2D eigenvalue weighted by Crippen LogP contribution is -2.27. The maximum absolute atomic E-state index is 12.8. The lowest BCUT2D eigenvalue weighted by molar-refractivity contribution is 0.0910. The standard InChI is InChI=1S/C22H23N3O3S/c1-4-28-13-7-5-12(6-8-13)24-20(27)19-18(23)15-9-14-16(25-21(15)29-19)10-22(2,3)11-17(14)26/h5-9H,4,10-11,23H2,1-3H3,(H,24,27). The van der Waals surface area contributed by atoms with Crippen molar-refractivity contribution in [1.29, 1.82) is 0 Å². The van der Waals surface area contributed by atoms with Gasteiger partial charge in [-0.3, -0.25) is 9.59 Å². The molecule has 3 aromatic rings. The fourth-order valence-corrected chi connectivity index (χ4v) is 4.65. The average Bonchev–Trinajstić information content (AvgIpc) is 2.97. The van der Waals surface area contributed by atoms with Crippen LogP contribution in [0.5, 0.6) is 5.75 Å². The summed E-state index contributed by atoms with van der Waals surface area (Å²) in [6.45, 7) is 6.64. The van der Waals surface area contributed by atoms with Gasteiger partial charge < -0.3 is 15.8 Å². The van der Waals surface area contributed by atoms with E-state index in [4.69, 9.17) is 10.5 Å². The number of hydrogen-bond acceptors (Lipinski definition) is 6. The maximum atomic E-state index is 12.8. The second kappa shape index (κ2) is 7.15. The molecule has 6 nitrogen and oxygen atoms in total. The monoisotopic (exact) mass is 409 g/mol. The number of carbonyl (C=O) groups excluding carboxylic acids is 2. The maximum Gasteiger partial charge on any atom is 0.267 e. The van der Waals surface area contributed by atoms with E-state index in [2.05, 4.69) is 24.1 Å². The first kappa shape index (κ1) is 19.4. The molecule has 0 bridgehead atoms. The number of carbonyl (C=O) groups is 2. The van der Waals surface area contributed by atoms with Gasteiger partial charge in [0.25, 0.3) is 5.91 Å². The van der Waals surface area contributed by atoms with Crippen LogP contribution in [0.15, 0.2) is 30.3 Å². The van der Waals surface area contributed by atoms with Crippen molar-refractivity contribution in [3.8, 4) is 5.75 Å². The highest BCUT2D eigenvalue weighted by Crippen LogP contribution is 2.39.